The van der Waals surface area contributed by atoms with Gasteiger partial charge in [0.05, 0.1) is 6.54 Å². The van der Waals surface area contributed by atoms with E-state index >= 15 is 0 Å². The second-order valence-electron chi connectivity index (χ2n) is 4.57. The van der Waals surface area contributed by atoms with E-state index < -0.39 is 12.0 Å². The van der Waals surface area contributed by atoms with Gasteiger partial charge in [0.2, 0.25) is 0 Å². The van der Waals surface area contributed by atoms with Gasteiger partial charge in [-0.2, -0.15) is 0 Å². The standard InChI is InChI=1S/C12H17N3O3S/c1-8-6-13-10(19-8)7-14-12(18)15-5-3-2-4-9(15)11(16)17/h6,9H,2-5,7H2,1H3,(H,14,18)(H,16,17). The number of carbonyl (C=O) groups excluding carboxylic acids is 1. The Morgan fingerprint density at radius 2 is 2.37 bits per heavy atom. The Labute approximate surface area is 115 Å². The van der Waals surface area contributed by atoms with E-state index in [9.17, 15) is 9.59 Å². The van der Waals surface area contributed by atoms with E-state index in [1.807, 2.05) is 6.92 Å². The van der Waals surface area contributed by atoms with Crippen molar-refractivity contribution < 1.29 is 14.7 Å². The minimum absolute atomic E-state index is 0.319. The number of likely N-dealkylation sites (tertiary alicyclic amines) is 1. The predicted octanol–water partition coefficient (Wildman–Crippen LogP) is 1.60. The summed E-state index contributed by atoms with van der Waals surface area (Å²) in [6.45, 7) is 2.80. The number of aromatic nitrogens is 1. The molecule has 1 saturated heterocycles. The molecule has 2 heterocycles. The smallest absolute Gasteiger partial charge is 0.326 e. The van der Waals surface area contributed by atoms with Crippen LogP contribution in [0.15, 0.2) is 6.20 Å². The molecule has 0 aliphatic carbocycles. The topological polar surface area (TPSA) is 82.5 Å². The number of aliphatic carboxylic acids is 1. The molecule has 2 amide bonds. The maximum atomic E-state index is 12.0. The van der Waals surface area contributed by atoms with Crippen molar-refractivity contribution in [2.75, 3.05) is 6.54 Å². The summed E-state index contributed by atoms with van der Waals surface area (Å²) in [5.41, 5.74) is 0. The summed E-state index contributed by atoms with van der Waals surface area (Å²) in [4.78, 5) is 29.8. The van der Waals surface area contributed by atoms with Crippen LogP contribution in [0.25, 0.3) is 0 Å². The van der Waals surface area contributed by atoms with E-state index in [0.717, 1.165) is 22.7 Å². The first kappa shape index (κ1) is 13.8. The number of rotatable bonds is 3. The number of nitrogens with zero attached hydrogens (tertiary/aromatic N) is 2. The normalized spacial score (nSPS) is 19.2. The SMILES string of the molecule is Cc1cnc(CNC(=O)N2CCCCC2C(=O)O)s1. The molecule has 1 aromatic rings. The van der Waals surface area contributed by atoms with Crippen LogP contribution in [0.1, 0.15) is 29.1 Å². The van der Waals surface area contributed by atoms with E-state index in [4.69, 9.17) is 5.11 Å². The Morgan fingerprint density at radius 1 is 1.58 bits per heavy atom. The van der Waals surface area contributed by atoms with E-state index in [2.05, 4.69) is 10.3 Å². The highest BCUT2D eigenvalue weighted by Gasteiger charge is 2.31. The van der Waals surface area contributed by atoms with Gasteiger partial charge in [0.15, 0.2) is 0 Å². The fourth-order valence-corrected chi connectivity index (χ4v) is 2.89. The molecule has 0 aromatic carbocycles. The highest BCUT2D eigenvalue weighted by Crippen LogP contribution is 2.17. The van der Waals surface area contributed by atoms with Crippen LogP contribution in [0.2, 0.25) is 0 Å². The average Bonchev–Trinajstić information content (AvgIpc) is 2.81. The zero-order valence-corrected chi connectivity index (χ0v) is 11.6. The Bertz CT molecular complexity index is 475. The second kappa shape index (κ2) is 6.01. The van der Waals surface area contributed by atoms with E-state index in [-0.39, 0.29) is 6.03 Å². The molecule has 1 aromatic heterocycles. The lowest BCUT2D eigenvalue weighted by atomic mass is 10.0. The van der Waals surface area contributed by atoms with Crippen molar-refractivity contribution in [1.29, 1.82) is 0 Å². The Kier molecular flexibility index (Phi) is 4.36. The van der Waals surface area contributed by atoms with Gasteiger partial charge in [-0.3, -0.25) is 0 Å². The molecule has 1 aliphatic heterocycles. The Hall–Kier alpha value is -1.63. The van der Waals surface area contributed by atoms with Crippen LogP contribution in [-0.2, 0) is 11.3 Å². The fraction of sp³-hybridized carbons (Fsp3) is 0.583. The van der Waals surface area contributed by atoms with Gasteiger partial charge in [0.25, 0.3) is 0 Å². The third-order valence-electron chi connectivity index (χ3n) is 3.11. The lowest BCUT2D eigenvalue weighted by Gasteiger charge is -2.32. The van der Waals surface area contributed by atoms with Gasteiger partial charge >= 0.3 is 12.0 Å². The first-order valence-electron chi connectivity index (χ1n) is 6.26. The highest BCUT2D eigenvalue weighted by molar-refractivity contribution is 7.11. The highest BCUT2D eigenvalue weighted by atomic mass is 32.1. The van der Waals surface area contributed by atoms with Crippen molar-refractivity contribution >= 4 is 23.3 Å². The molecule has 1 unspecified atom stereocenters. The van der Waals surface area contributed by atoms with E-state index in [1.54, 1.807) is 6.20 Å². The predicted molar refractivity (Wildman–Crippen MR) is 71.1 cm³/mol. The third-order valence-corrected chi connectivity index (χ3v) is 4.02. The minimum atomic E-state index is -0.931. The van der Waals surface area contributed by atoms with Crippen LogP contribution in [-0.4, -0.2) is 39.6 Å². The van der Waals surface area contributed by atoms with Crippen molar-refractivity contribution in [3.05, 3.63) is 16.1 Å². The second-order valence-corrected chi connectivity index (χ2v) is 5.89. The van der Waals surface area contributed by atoms with Gasteiger partial charge in [0.1, 0.15) is 11.0 Å². The summed E-state index contributed by atoms with van der Waals surface area (Å²) >= 11 is 1.52. The summed E-state index contributed by atoms with van der Waals surface area (Å²) in [5, 5.41) is 12.7. The van der Waals surface area contributed by atoms with Crippen LogP contribution >= 0.6 is 11.3 Å². The van der Waals surface area contributed by atoms with Gasteiger partial charge in [0, 0.05) is 17.6 Å². The summed E-state index contributed by atoms with van der Waals surface area (Å²) < 4.78 is 0. The van der Waals surface area contributed by atoms with Crippen molar-refractivity contribution in [2.45, 2.75) is 38.8 Å². The number of hydrogen-bond donors (Lipinski definition) is 2. The first-order valence-corrected chi connectivity index (χ1v) is 7.08. The molecule has 6 nitrogen and oxygen atoms in total. The van der Waals surface area contributed by atoms with Crippen molar-refractivity contribution in [1.82, 2.24) is 15.2 Å². The van der Waals surface area contributed by atoms with Crippen LogP contribution in [0.4, 0.5) is 4.79 Å². The van der Waals surface area contributed by atoms with Gasteiger partial charge in [-0.25, -0.2) is 14.6 Å². The lowest BCUT2D eigenvalue weighted by Crippen LogP contribution is -2.51. The van der Waals surface area contributed by atoms with Crippen LogP contribution in [0.5, 0.6) is 0 Å². The molecular formula is C12H17N3O3S. The number of nitrogens with one attached hydrogen (secondary N) is 1. The Morgan fingerprint density at radius 3 is 3.00 bits per heavy atom. The van der Waals surface area contributed by atoms with E-state index in [0.29, 0.717) is 19.5 Å². The molecule has 104 valence electrons. The molecule has 0 bridgehead atoms. The Balaban J connectivity index is 1.92. The average molecular weight is 283 g/mol. The van der Waals surface area contributed by atoms with Crippen molar-refractivity contribution in [2.24, 2.45) is 0 Å². The zero-order valence-electron chi connectivity index (χ0n) is 10.8. The quantitative estimate of drug-likeness (QED) is 0.882. The molecule has 1 fully saturated rings. The molecule has 19 heavy (non-hydrogen) atoms. The number of carboxylic acids is 1. The number of thiazole rings is 1. The third kappa shape index (κ3) is 3.44. The lowest BCUT2D eigenvalue weighted by molar-refractivity contribution is -0.143. The molecule has 2 N–H and O–H groups in total. The maximum Gasteiger partial charge on any atom is 0.326 e. The molecule has 0 saturated carbocycles. The molecule has 1 atom stereocenters. The van der Waals surface area contributed by atoms with Gasteiger partial charge in [-0.15, -0.1) is 11.3 Å². The first-order chi connectivity index (χ1) is 9.08. The summed E-state index contributed by atoms with van der Waals surface area (Å²) in [6.07, 6.45) is 3.99. The number of hydrogen-bond acceptors (Lipinski definition) is 4. The van der Waals surface area contributed by atoms with Crippen LogP contribution < -0.4 is 5.32 Å². The number of carboxylic acid groups (broad SMARTS) is 1. The summed E-state index contributed by atoms with van der Waals surface area (Å²) in [7, 11) is 0. The number of amides is 2. The molecule has 0 spiro atoms. The minimum Gasteiger partial charge on any atom is -0.480 e. The molecular weight excluding hydrogens is 266 g/mol. The summed E-state index contributed by atoms with van der Waals surface area (Å²) in [6, 6.07) is -1.02. The van der Waals surface area contributed by atoms with Crippen molar-refractivity contribution in [3.63, 3.8) is 0 Å². The largest absolute Gasteiger partial charge is 0.480 e. The van der Waals surface area contributed by atoms with Crippen LogP contribution in [0.3, 0.4) is 0 Å². The van der Waals surface area contributed by atoms with Gasteiger partial charge < -0.3 is 15.3 Å². The number of carbonyl (C=O) groups is 2. The van der Waals surface area contributed by atoms with Gasteiger partial charge in [-0.1, -0.05) is 0 Å². The van der Waals surface area contributed by atoms with Crippen molar-refractivity contribution in [3.8, 4) is 0 Å². The molecule has 1 aliphatic rings. The van der Waals surface area contributed by atoms with Gasteiger partial charge in [-0.05, 0) is 26.2 Å². The van der Waals surface area contributed by atoms with Crippen LogP contribution in [0, 0.1) is 6.92 Å². The summed E-state index contributed by atoms with van der Waals surface area (Å²) in [5.74, 6) is -0.931. The van der Waals surface area contributed by atoms with E-state index in [1.165, 1.54) is 16.2 Å². The zero-order chi connectivity index (χ0) is 13.8. The molecule has 0 radical (unpaired) electrons. The number of aryl methyl sites for hydroxylation is 1. The number of piperidine rings is 1. The number of urea groups is 1. The fourth-order valence-electron chi connectivity index (χ4n) is 2.17. The molecule has 7 heteroatoms. The maximum absolute atomic E-state index is 12.0. The molecule has 2 rings (SSSR count). The monoisotopic (exact) mass is 283 g/mol.